The van der Waals surface area contributed by atoms with Crippen molar-refractivity contribution in [1.29, 1.82) is 0 Å². The summed E-state index contributed by atoms with van der Waals surface area (Å²) in [6.07, 6.45) is -3.12. The fourth-order valence-electron chi connectivity index (χ4n) is 3.29. The van der Waals surface area contributed by atoms with Crippen LogP contribution in [0.1, 0.15) is 35.7 Å². The molecular weight excluding hydrogens is 433 g/mol. The Hall–Kier alpha value is -3.36. The van der Waals surface area contributed by atoms with Gasteiger partial charge in [-0.15, -0.1) is 0 Å². The summed E-state index contributed by atoms with van der Waals surface area (Å²) in [5.74, 6) is -4.20. The van der Waals surface area contributed by atoms with E-state index in [-0.39, 0.29) is 24.1 Å². The van der Waals surface area contributed by atoms with Crippen LogP contribution in [0.5, 0.6) is 5.75 Å². The minimum absolute atomic E-state index is 0.0989. The van der Waals surface area contributed by atoms with Gasteiger partial charge >= 0.3 is 12.1 Å². The third kappa shape index (κ3) is 5.27. The number of halogens is 5. The van der Waals surface area contributed by atoms with Gasteiger partial charge in [0.15, 0.2) is 17.4 Å². The fourth-order valence-corrected chi connectivity index (χ4v) is 3.29. The van der Waals surface area contributed by atoms with Crippen molar-refractivity contribution < 1.29 is 36.6 Å². The summed E-state index contributed by atoms with van der Waals surface area (Å²) in [6, 6.07) is 9.57. The highest BCUT2D eigenvalue weighted by atomic mass is 19.4. The average molecular weight is 453 g/mol. The quantitative estimate of drug-likeness (QED) is 0.430. The molecule has 3 rings (SSSR count). The van der Waals surface area contributed by atoms with Crippen LogP contribution in [-0.2, 0) is 30.4 Å². The van der Waals surface area contributed by atoms with Crippen molar-refractivity contribution >= 4 is 5.97 Å². The minimum atomic E-state index is -4.69. The van der Waals surface area contributed by atoms with E-state index in [2.05, 4.69) is 0 Å². The van der Waals surface area contributed by atoms with E-state index in [9.17, 15) is 26.7 Å². The average Bonchev–Trinajstić information content (AvgIpc) is 3.16. The van der Waals surface area contributed by atoms with E-state index in [0.717, 1.165) is 30.2 Å². The monoisotopic (exact) mass is 453 g/mol. The first-order chi connectivity index (χ1) is 15.1. The van der Waals surface area contributed by atoms with Crippen molar-refractivity contribution in [3.8, 4) is 11.4 Å². The van der Waals surface area contributed by atoms with E-state index in [4.69, 9.17) is 9.84 Å². The number of carboxylic acid groups (broad SMARTS) is 1. The van der Waals surface area contributed by atoms with Crippen molar-refractivity contribution in [1.82, 2.24) is 4.57 Å². The second-order valence-corrected chi connectivity index (χ2v) is 7.13. The number of hydrogen-bond acceptors (Lipinski definition) is 2. The molecule has 4 nitrogen and oxygen atoms in total. The maximum Gasteiger partial charge on any atom is 0.418 e. The third-order valence-electron chi connectivity index (χ3n) is 4.96. The zero-order valence-electron chi connectivity index (χ0n) is 17.0. The number of alkyl halides is 3. The highest BCUT2D eigenvalue weighted by Gasteiger charge is 2.36. The lowest BCUT2D eigenvalue weighted by atomic mass is 10.1. The number of aryl methyl sites for hydroxylation is 2. The first-order valence-corrected chi connectivity index (χ1v) is 9.79. The Kier molecular flexibility index (Phi) is 6.86. The summed E-state index contributed by atoms with van der Waals surface area (Å²) in [6.45, 7) is 1.21. The Balaban J connectivity index is 1.91. The Morgan fingerprint density at radius 2 is 1.66 bits per heavy atom. The molecular formula is C23H20F5NO3. The number of carboxylic acids is 1. The molecule has 0 unspecified atom stereocenters. The highest BCUT2D eigenvalue weighted by Crippen LogP contribution is 2.35. The van der Waals surface area contributed by atoms with Crippen molar-refractivity contribution in [3.05, 3.63) is 82.7 Å². The van der Waals surface area contributed by atoms with Gasteiger partial charge in [-0.05, 0) is 54.3 Å². The summed E-state index contributed by atoms with van der Waals surface area (Å²) in [5, 5.41) is 8.69. The smallest absolute Gasteiger partial charge is 0.418 e. The molecule has 0 bridgehead atoms. The second kappa shape index (κ2) is 9.42. The van der Waals surface area contributed by atoms with Crippen LogP contribution in [0.4, 0.5) is 22.0 Å². The first kappa shape index (κ1) is 23.3. The highest BCUT2D eigenvalue weighted by molar-refractivity contribution is 5.67. The predicted octanol–water partition coefficient (Wildman–Crippen LogP) is 5.93. The second-order valence-electron chi connectivity index (χ2n) is 7.13. The van der Waals surface area contributed by atoms with Crippen LogP contribution in [0.2, 0.25) is 0 Å². The molecule has 1 heterocycles. The number of benzene rings is 2. The Morgan fingerprint density at radius 3 is 2.19 bits per heavy atom. The SMILES string of the molecule is CCc1ccc(-n2ccc(C(F)(F)F)c2COc2c(F)cc(CCC(=O)O)cc2F)cc1. The van der Waals surface area contributed by atoms with E-state index in [1.54, 1.807) is 24.3 Å². The number of aliphatic carboxylic acids is 1. The molecule has 0 aliphatic heterocycles. The zero-order chi connectivity index (χ0) is 23.5. The molecule has 0 saturated carbocycles. The first-order valence-electron chi connectivity index (χ1n) is 9.79. The van der Waals surface area contributed by atoms with Gasteiger partial charge in [0.05, 0.1) is 11.3 Å². The van der Waals surface area contributed by atoms with E-state index >= 15 is 0 Å². The van der Waals surface area contributed by atoms with Crippen molar-refractivity contribution in [2.75, 3.05) is 0 Å². The topological polar surface area (TPSA) is 51.5 Å². The van der Waals surface area contributed by atoms with Crippen LogP contribution in [0.3, 0.4) is 0 Å². The zero-order valence-corrected chi connectivity index (χ0v) is 17.0. The number of ether oxygens (including phenoxy) is 1. The summed E-state index contributed by atoms with van der Waals surface area (Å²) in [5.41, 5.74) is 0.264. The third-order valence-corrected chi connectivity index (χ3v) is 4.96. The van der Waals surface area contributed by atoms with Crippen LogP contribution < -0.4 is 4.74 Å². The normalized spacial score (nSPS) is 11.6. The molecule has 0 radical (unpaired) electrons. The van der Waals surface area contributed by atoms with E-state index in [1.807, 2.05) is 6.92 Å². The molecule has 0 aliphatic carbocycles. The Labute approximate surface area is 180 Å². The number of rotatable bonds is 8. The van der Waals surface area contributed by atoms with E-state index in [0.29, 0.717) is 5.69 Å². The van der Waals surface area contributed by atoms with E-state index < -0.39 is 41.7 Å². The molecule has 0 spiro atoms. The number of hydrogen-bond donors (Lipinski definition) is 1. The Bertz CT molecular complexity index is 1080. The maximum atomic E-state index is 14.4. The molecule has 0 saturated heterocycles. The number of nitrogens with zero attached hydrogens (tertiary/aromatic N) is 1. The van der Waals surface area contributed by atoms with Crippen molar-refractivity contribution in [3.63, 3.8) is 0 Å². The summed E-state index contributed by atoms with van der Waals surface area (Å²) in [7, 11) is 0. The summed E-state index contributed by atoms with van der Waals surface area (Å²) in [4.78, 5) is 10.6. The van der Waals surface area contributed by atoms with Gasteiger partial charge in [-0.3, -0.25) is 4.79 Å². The van der Waals surface area contributed by atoms with Crippen LogP contribution >= 0.6 is 0 Å². The van der Waals surface area contributed by atoms with Gasteiger partial charge in [0.2, 0.25) is 0 Å². The minimum Gasteiger partial charge on any atom is -0.481 e. The molecule has 1 N–H and O–H groups in total. The molecule has 0 atom stereocenters. The molecule has 1 aromatic heterocycles. The van der Waals surface area contributed by atoms with Gasteiger partial charge in [0.25, 0.3) is 0 Å². The summed E-state index contributed by atoms with van der Waals surface area (Å²) >= 11 is 0. The summed E-state index contributed by atoms with van der Waals surface area (Å²) < 4.78 is 75.7. The lowest BCUT2D eigenvalue weighted by Gasteiger charge is -2.16. The largest absolute Gasteiger partial charge is 0.481 e. The Morgan fingerprint density at radius 1 is 1.03 bits per heavy atom. The maximum absolute atomic E-state index is 14.4. The number of aromatic nitrogens is 1. The van der Waals surface area contributed by atoms with Crippen molar-refractivity contribution in [2.45, 2.75) is 39.0 Å². The fraction of sp³-hybridized carbons (Fsp3) is 0.261. The molecule has 0 fully saturated rings. The lowest BCUT2D eigenvalue weighted by Crippen LogP contribution is -2.13. The van der Waals surface area contributed by atoms with Crippen LogP contribution in [-0.4, -0.2) is 15.6 Å². The van der Waals surface area contributed by atoms with Crippen LogP contribution in [0, 0.1) is 11.6 Å². The van der Waals surface area contributed by atoms with Crippen LogP contribution in [0.25, 0.3) is 5.69 Å². The van der Waals surface area contributed by atoms with Gasteiger partial charge in [-0.2, -0.15) is 13.2 Å². The number of carbonyl (C=O) groups is 1. The molecule has 32 heavy (non-hydrogen) atoms. The molecule has 9 heteroatoms. The van der Waals surface area contributed by atoms with Crippen LogP contribution in [0.15, 0.2) is 48.7 Å². The van der Waals surface area contributed by atoms with Gasteiger partial charge in [0, 0.05) is 18.3 Å². The standard InChI is InChI=1S/C23H20F5NO3/c1-2-14-3-6-16(7-4-14)29-10-9-17(23(26,27)28)20(29)13-32-22-18(24)11-15(12-19(22)25)5-8-21(30)31/h3-4,6-7,9-12H,2,5,8,13H2,1H3,(H,30,31). The van der Waals surface area contributed by atoms with Crippen molar-refractivity contribution in [2.24, 2.45) is 0 Å². The van der Waals surface area contributed by atoms with Gasteiger partial charge in [-0.25, -0.2) is 8.78 Å². The van der Waals surface area contributed by atoms with Gasteiger partial charge in [-0.1, -0.05) is 19.1 Å². The lowest BCUT2D eigenvalue weighted by molar-refractivity contribution is -0.139. The van der Waals surface area contributed by atoms with Gasteiger partial charge in [0.1, 0.15) is 6.61 Å². The predicted molar refractivity (Wildman–Crippen MR) is 107 cm³/mol. The molecule has 2 aromatic carbocycles. The molecule has 3 aromatic rings. The molecule has 0 amide bonds. The molecule has 0 aliphatic rings. The van der Waals surface area contributed by atoms with Gasteiger partial charge < -0.3 is 14.4 Å². The molecule has 170 valence electrons. The van der Waals surface area contributed by atoms with E-state index in [1.165, 1.54) is 10.8 Å².